The molecule has 3 nitrogen and oxygen atoms in total. The van der Waals surface area contributed by atoms with Crippen LogP contribution < -0.4 is 0 Å². The van der Waals surface area contributed by atoms with Crippen molar-refractivity contribution >= 4 is 11.3 Å². The van der Waals surface area contributed by atoms with E-state index in [1.165, 1.54) is 4.88 Å². The molecule has 1 atom stereocenters. The average Bonchev–Trinajstić information content (AvgIpc) is 2.59. The molecule has 1 aliphatic rings. The van der Waals surface area contributed by atoms with Gasteiger partial charge >= 0.3 is 0 Å². The SMILES string of the molecule is Cc1nc(CC2(C#N)CCCOC2)sc1C. The van der Waals surface area contributed by atoms with Gasteiger partial charge in [-0.15, -0.1) is 11.3 Å². The van der Waals surface area contributed by atoms with Crippen molar-refractivity contribution in [3.8, 4) is 6.07 Å². The molecule has 1 fully saturated rings. The predicted molar refractivity (Wildman–Crippen MR) is 63.4 cm³/mol. The molecule has 0 radical (unpaired) electrons. The fourth-order valence-corrected chi connectivity index (χ4v) is 3.10. The van der Waals surface area contributed by atoms with E-state index < -0.39 is 0 Å². The maximum Gasteiger partial charge on any atom is 0.0947 e. The summed E-state index contributed by atoms with van der Waals surface area (Å²) in [7, 11) is 0. The molecule has 0 spiro atoms. The molecule has 1 aliphatic heterocycles. The monoisotopic (exact) mass is 236 g/mol. The van der Waals surface area contributed by atoms with Gasteiger partial charge in [-0.3, -0.25) is 0 Å². The van der Waals surface area contributed by atoms with Crippen LogP contribution >= 0.6 is 11.3 Å². The van der Waals surface area contributed by atoms with Gasteiger partial charge in [0.15, 0.2) is 0 Å². The minimum Gasteiger partial charge on any atom is -0.380 e. The maximum absolute atomic E-state index is 9.33. The topological polar surface area (TPSA) is 45.9 Å². The van der Waals surface area contributed by atoms with Gasteiger partial charge in [0.05, 0.1) is 28.8 Å². The first kappa shape index (κ1) is 11.6. The van der Waals surface area contributed by atoms with Crippen LogP contribution in [0.2, 0.25) is 0 Å². The predicted octanol–water partition coefficient (Wildman–Crippen LogP) is 2.62. The molecule has 16 heavy (non-hydrogen) atoms. The lowest BCUT2D eigenvalue weighted by molar-refractivity contribution is 0.0223. The molecule has 0 amide bonds. The second-order valence-electron chi connectivity index (χ2n) is 4.47. The smallest absolute Gasteiger partial charge is 0.0947 e. The van der Waals surface area contributed by atoms with Crippen molar-refractivity contribution in [2.24, 2.45) is 5.41 Å². The van der Waals surface area contributed by atoms with Crippen LogP contribution in [0.3, 0.4) is 0 Å². The van der Waals surface area contributed by atoms with Crippen LogP contribution in [0.15, 0.2) is 0 Å². The average molecular weight is 236 g/mol. The van der Waals surface area contributed by atoms with Crippen LogP contribution in [-0.2, 0) is 11.2 Å². The van der Waals surface area contributed by atoms with E-state index in [-0.39, 0.29) is 5.41 Å². The molecule has 4 heteroatoms. The second kappa shape index (κ2) is 4.52. The third-order valence-electron chi connectivity index (χ3n) is 3.12. The van der Waals surface area contributed by atoms with Crippen LogP contribution in [0.1, 0.15) is 28.4 Å². The van der Waals surface area contributed by atoms with Gasteiger partial charge in [0.1, 0.15) is 0 Å². The van der Waals surface area contributed by atoms with Gasteiger partial charge in [-0.2, -0.15) is 5.26 Å². The third kappa shape index (κ3) is 2.26. The van der Waals surface area contributed by atoms with Gasteiger partial charge in [-0.25, -0.2) is 4.98 Å². The van der Waals surface area contributed by atoms with Gasteiger partial charge in [0.2, 0.25) is 0 Å². The van der Waals surface area contributed by atoms with Crippen molar-refractivity contribution in [1.29, 1.82) is 5.26 Å². The Bertz CT molecular complexity index is 394. The standard InChI is InChI=1S/C12H16N2OS/c1-9-10(2)16-11(14-9)6-12(7-13)4-3-5-15-8-12/h3-6,8H2,1-2H3. The molecule has 0 aliphatic carbocycles. The summed E-state index contributed by atoms with van der Waals surface area (Å²) in [5.41, 5.74) is 0.749. The van der Waals surface area contributed by atoms with Crippen LogP contribution in [0, 0.1) is 30.6 Å². The lowest BCUT2D eigenvalue weighted by atomic mass is 9.81. The number of ether oxygens (including phenoxy) is 1. The molecule has 1 aromatic heterocycles. The molecule has 0 saturated carbocycles. The Labute approximate surface area is 100 Å². The van der Waals surface area contributed by atoms with Crippen LogP contribution in [0.25, 0.3) is 0 Å². The Morgan fingerprint density at radius 1 is 1.56 bits per heavy atom. The molecule has 2 rings (SSSR count). The lowest BCUT2D eigenvalue weighted by Crippen LogP contribution is -2.32. The van der Waals surface area contributed by atoms with Crippen molar-refractivity contribution in [3.05, 3.63) is 15.6 Å². The summed E-state index contributed by atoms with van der Waals surface area (Å²) >= 11 is 1.70. The summed E-state index contributed by atoms with van der Waals surface area (Å²) in [6, 6.07) is 2.44. The summed E-state index contributed by atoms with van der Waals surface area (Å²) in [6.07, 6.45) is 2.65. The minimum absolute atomic E-state index is 0.338. The highest BCUT2D eigenvalue weighted by Crippen LogP contribution is 2.33. The number of rotatable bonds is 2. The quantitative estimate of drug-likeness (QED) is 0.793. The van der Waals surface area contributed by atoms with Gasteiger partial charge in [-0.05, 0) is 26.7 Å². The van der Waals surface area contributed by atoms with Crippen molar-refractivity contribution < 1.29 is 4.74 Å². The number of aromatic nitrogens is 1. The molecule has 0 aromatic carbocycles. The second-order valence-corrected chi connectivity index (χ2v) is 5.76. The Morgan fingerprint density at radius 2 is 2.38 bits per heavy atom. The molecular formula is C12H16N2OS. The van der Waals surface area contributed by atoms with Crippen molar-refractivity contribution in [1.82, 2.24) is 4.98 Å². The number of nitrogens with zero attached hydrogens (tertiary/aromatic N) is 2. The highest BCUT2D eigenvalue weighted by atomic mass is 32.1. The van der Waals surface area contributed by atoms with Crippen LogP contribution in [-0.4, -0.2) is 18.2 Å². The third-order valence-corrected chi connectivity index (χ3v) is 4.19. The molecule has 0 bridgehead atoms. The lowest BCUT2D eigenvalue weighted by Gasteiger charge is -2.29. The molecule has 0 N–H and O–H groups in total. The van der Waals surface area contributed by atoms with E-state index in [1.54, 1.807) is 11.3 Å². The first-order chi connectivity index (χ1) is 7.65. The highest BCUT2D eigenvalue weighted by molar-refractivity contribution is 7.11. The molecule has 86 valence electrons. The fraction of sp³-hybridized carbons (Fsp3) is 0.667. The first-order valence-electron chi connectivity index (χ1n) is 5.57. The van der Waals surface area contributed by atoms with Gasteiger partial charge in [0, 0.05) is 17.9 Å². The number of hydrogen-bond acceptors (Lipinski definition) is 4. The van der Waals surface area contributed by atoms with E-state index in [9.17, 15) is 5.26 Å². The largest absolute Gasteiger partial charge is 0.380 e. The van der Waals surface area contributed by atoms with E-state index in [1.807, 2.05) is 6.92 Å². The van der Waals surface area contributed by atoms with E-state index in [4.69, 9.17) is 4.74 Å². The maximum atomic E-state index is 9.33. The number of thiazole rings is 1. The number of aryl methyl sites for hydroxylation is 2. The van der Waals surface area contributed by atoms with Gasteiger partial charge in [0.25, 0.3) is 0 Å². The fourth-order valence-electron chi connectivity index (χ4n) is 2.02. The van der Waals surface area contributed by atoms with E-state index >= 15 is 0 Å². The number of hydrogen-bond donors (Lipinski definition) is 0. The van der Waals surface area contributed by atoms with Crippen LogP contribution in [0.5, 0.6) is 0 Å². The normalized spacial score (nSPS) is 25.3. The molecule has 1 unspecified atom stereocenters. The Balaban J connectivity index is 2.15. The summed E-state index contributed by atoms with van der Waals surface area (Å²) in [5.74, 6) is 0. The summed E-state index contributed by atoms with van der Waals surface area (Å²) < 4.78 is 5.44. The summed E-state index contributed by atoms with van der Waals surface area (Å²) in [6.45, 7) is 5.44. The molecule has 2 heterocycles. The molecular weight excluding hydrogens is 220 g/mol. The molecule has 1 saturated heterocycles. The van der Waals surface area contributed by atoms with E-state index in [2.05, 4.69) is 18.0 Å². The van der Waals surface area contributed by atoms with Gasteiger partial charge < -0.3 is 4.74 Å². The zero-order valence-electron chi connectivity index (χ0n) is 9.75. The Hall–Kier alpha value is -0.920. The van der Waals surface area contributed by atoms with Gasteiger partial charge in [-0.1, -0.05) is 0 Å². The summed E-state index contributed by atoms with van der Waals surface area (Å²) in [5, 5.41) is 10.4. The molecule has 1 aromatic rings. The first-order valence-corrected chi connectivity index (χ1v) is 6.39. The van der Waals surface area contributed by atoms with E-state index in [0.29, 0.717) is 6.61 Å². The highest BCUT2D eigenvalue weighted by Gasteiger charge is 2.34. The van der Waals surface area contributed by atoms with Crippen molar-refractivity contribution in [3.63, 3.8) is 0 Å². The minimum atomic E-state index is -0.338. The van der Waals surface area contributed by atoms with Crippen LogP contribution in [0.4, 0.5) is 0 Å². The zero-order chi connectivity index (χ0) is 11.6. The van der Waals surface area contributed by atoms with E-state index in [0.717, 1.165) is 36.6 Å². The summed E-state index contributed by atoms with van der Waals surface area (Å²) in [4.78, 5) is 5.76. The van der Waals surface area contributed by atoms with Crippen molar-refractivity contribution in [2.75, 3.05) is 13.2 Å². The zero-order valence-corrected chi connectivity index (χ0v) is 10.6. The Morgan fingerprint density at radius 3 is 2.88 bits per heavy atom. The van der Waals surface area contributed by atoms with Crippen molar-refractivity contribution in [2.45, 2.75) is 33.1 Å². The number of nitriles is 1. The Kier molecular flexibility index (Phi) is 3.27.